The predicted octanol–water partition coefficient (Wildman–Crippen LogP) is 1.98. The maximum atomic E-state index is 13.7. The molecule has 0 radical (unpaired) electrons. The van der Waals surface area contributed by atoms with E-state index in [1.807, 2.05) is 6.07 Å². The Bertz CT molecular complexity index is 471. The Balaban J connectivity index is 3.13. The van der Waals surface area contributed by atoms with Gasteiger partial charge in [0.25, 0.3) is 0 Å². The van der Waals surface area contributed by atoms with Gasteiger partial charge in [0.1, 0.15) is 12.6 Å². The SMILES string of the molecule is CN(CC(=O)O)c1ccc(C#N)c(Br)c1F. The molecule has 16 heavy (non-hydrogen) atoms. The Labute approximate surface area is 100 Å². The number of carboxylic acid groups (broad SMARTS) is 1. The van der Waals surface area contributed by atoms with Gasteiger partial charge in [-0.3, -0.25) is 4.79 Å². The van der Waals surface area contributed by atoms with Gasteiger partial charge in [-0.1, -0.05) is 0 Å². The zero-order valence-electron chi connectivity index (χ0n) is 8.37. The average molecular weight is 287 g/mol. The average Bonchev–Trinajstić information content (AvgIpc) is 2.20. The standard InChI is InChI=1S/C10H8BrFN2O2/c1-14(5-8(15)16)7-3-2-6(4-13)9(11)10(7)12/h2-3H,5H2,1H3,(H,15,16). The van der Waals surface area contributed by atoms with Crippen molar-refractivity contribution in [2.45, 2.75) is 0 Å². The summed E-state index contributed by atoms with van der Waals surface area (Å²) < 4.78 is 13.8. The molecule has 0 aliphatic carbocycles. The van der Waals surface area contributed by atoms with Crippen LogP contribution >= 0.6 is 15.9 Å². The first-order valence-corrected chi connectivity index (χ1v) is 5.07. The summed E-state index contributed by atoms with van der Waals surface area (Å²) in [6, 6.07) is 4.63. The molecule has 1 N–H and O–H groups in total. The number of rotatable bonds is 3. The van der Waals surface area contributed by atoms with Gasteiger partial charge in [-0.15, -0.1) is 0 Å². The number of carbonyl (C=O) groups is 1. The quantitative estimate of drug-likeness (QED) is 0.923. The molecule has 0 fully saturated rings. The highest BCUT2D eigenvalue weighted by molar-refractivity contribution is 9.10. The van der Waals surface area contributed by atoms with E-state index in [-0.39, 0.29) is 22.3 Å². The van der Waals surface area contributed by atoms with Crippen molar-refractivity contribution in [3.05, 3.63) is 28.0 Å². The van der Waals surface area contributed by atoms with E-state index >= 15 is 0 Å². The maximum Gasteiger partial charge on any atom is 0.323 e. The van der Waals surface area contributed by atoms with Crippen LogP contribution in [0.5, 0.6) is 0 Å². The van der Waals surface area contributed by atoms with Crippen molar-refractivity contribution in [3.8, 4) is 6.07 Å². The van der Waals surface area contributed by atoms with E-state index in [0.717, 1.165) is 0 Å². The molecule has 0 aliphatic rings. The minimum absolute atomic E-state index is 0.0461. The second kappa shape index (κ2) is 4.94. The highest BCUT2D eigenvalue weighted by atomic mass is 79.9. The fraction of sp³-hybridized carbons (Fsp3) is 0.200. The maximum absolute atomic E-state index is 13.7. The van der Waals surface area contributed by atoms with Crippen LogP contribution in [0.1, 0.15) is 5.56 Å². The molecule has 84 valence electrons. The number of nitrogens with zero attached hydrogens (tertiary/aromatic N) is 2. The summed E-state index contributed by atoms with van der Waals surface area (Å²) in [5.41, 5.74) is 0.304. The first-order chi connectivity index (χ1) is 7.47. The van der Waals surface area contributed by atoms with Gasteiger partial charge in [-0.05, 0) is 28.1 Å². The molecule has 0 saturated carbocycles. The summed E-state index contributed by atoms with van der Waals surface area (Å²) in [5.74, 6) is -1.69. The Morgan fingerprint density at radius 2 is 2.31 bits per heavy atom. The highest BCUT2D eigenvalue weighted by Crippen LogP contribution is 2.28. The Morgan fingerprint density at radius 1 is 1.69 bits per heavy atom. The van der Waals surface area contributed by atoms with Crippen molar-refractivity contribution >= 4 is 27.6 Å². The number of benzene rings is 1. The van der Waals surface area contributed by atoms with Crippen molar-refractivity contribution < 1.29 is 14.3 Å². The molecule has 0 unspecified atom stereocenters. The summed E-state index contributed by atoms with van der Waals surface area (Å²) in [6.07, 6.45) is 0. The molecular weight excluding hydrogens is 279 g/mol. The fourth-order valence-electron chi connectivity index (χ4n) is 1.21. The van der Waals surface area contributed by atoms with Crippen molar-refractivity contribution in [2.75, 3.05) is 18.5 Å². The van der Waals surface area contributed by atoms with E-state index in [0.29, 0.717) is 0 Å². The molecule has 1 aromatic carbocycles. The topological polar surface area (TPSA) is 64.3 Å². The molecule has 0 aromatic heterocycles. The lowest BCUT2D eigenvalue weighted by atomic mass is 10.2. The third kappa shape index (κ3) is 2.49. The van der Waals surface area contributed by atoms with E-state index in [4.69, 9.17) is 10.4 Å². The Morgan fingerprint density at radius 3 is 2.81 bits per heavy atom. The van der Waals surface area contributed by atoms with Gasteiger partial charge in [-0.2, -0.15) is 5.26 Å². The molecule has 1 rings (SSSR count). The number of aliphatic carboxylic acids is 1. The van der Waals surface area contributed by atoms with E-state index in [9.17, 15) is 9.18 Å². The van der Waals surface area contributed by atoms with Crippen LogP contribution in [0.2, 0.25) is 0 Å². The van der Waals surface area contributed by atoms with Crippen LogP contribution in [-0.2, 0) is 4.79 Å². The van der Waals surface area contributed by atoms with Crippen LogP contribution in [0.4, 0.5) is 10.1 Å². The highest BCUT2D eigenvalue weighted by Gasteiger charge is 2.15. The lowest BCUT2D eigenvalue weighted by molar-refractivity contribution is -0.135. The van der Waals surface area contributed by atoms with Gasteiger partial charge in [0, 0.05) is 7.05 Å². The van der Waals surface area contributed by atoms with Crippen molar-refractivity contribution in [1.29, 1.82) is 5.26 Å². The summed E-state index contributed by atoms with van der Waals surface area (Å²) in [6.45, 7) is -0.310. The van der Waals surface area contributed by atoms with Crippen LogP contribution < -0.4 is 4.90 Å². The van der Waals surface area contributed by atoms with Crippen LogP contribution in [-0.4, -0.2) is 24.7 Å². The van der Waals surface area contributed by atoms with Crippen LogP contribution in [0.25, 0.3) is 0 Å². The lowest BCUT2D eigenvalue weighted by Crippen LogP contribution is -2.26. The number of anilines is 1. The number of likely N-dealkylation sites (N-methyl/N-ethyl adjacent to an activating group) is 1. The monoisotopic (exact) mass is 286 g/mol. The molecule has 0 bridgehead atoms. The third-order valence-electron chi connectivity index (χ3n) is 1.97. The minimum Gasteiger partial charge on any atom is -0.480 e. The summed E-state index contributed by atoms with van der Waals surface area (Å²) in [7, 11) is 1.46. The van der Waals surface area contributed by atoms with E-state index in [1.165, 1.54) is 24.1 Å². The molecule has 0 spiro atoms. The van der Waals surface area contributed by atoms with Crippen LogP contribution in [0.15, 0.2) is 16.6 Å². The number of carboxylic acids is 1. The van der Waals surface area contributed by atoms with Crippen molar-refractivity contribution in [1.82, 2.24) is 0 Å². The van der Waals surface area contributed by atoms with Gasteiger partial charge in [-0.25, -0.2) is 4.39 Å². The molecule has 0 saturated heterocycles. The summed E-state index contributed by atoms with van der Waals surface area (Å²) in [4.78, 5) is 11.7. The number of hydrogen-bond acceptors (Lipinski definition) is 3. The molecule has 0 atom stereocenters. The van der Waals surface area contributed by atoms with Crippen molar-refractivity contribution in [3.63, 3.8) is 0 Å². The van der Waals surface area contributed by atoms with Gasteiger partial charge in [0.2, 0.25) is 0 Å². The first kappa shape index (κ1) is 12.5. The van der Waals surface area contributed by atoms with E-state index in [1.54, 1.807) is 0 Å². The lowest BCUT2D eigenvalue weighted by Gasteiger charge is -2.18. The molecule has 0 heterocycles. The molecule has 0 aliphatic heterocycles. The smallest absolute Gasteiger partial charge is 0.323 e. The molecule has 6 heteroatoms. The zero-order valence-corrected chi connectivity index (χ0v) is 9.95. The second-order valence-corrected chi connectivity index (χ2v) is 3.91. The van der Waals surface area contributed by atoms with Gasteiger partial charge < -0.3 is 10.0 Å². The minimum atomic E-state index is -1.05. The van der Waals surface area contributed by atoms with E-state index < -0.39 is 11.8 Å². The Hall–Kier alpha value is -1.61. The van der Waals surface area contributed by atoms with Crippen molar-refractivity contribution in [2.24, 2.45) is 0 Å². The first-order valence-electron chi connectivity index (χ1n) is 4.28. The van der Waals surface area contributed by atoms with Gasteiger partial charge in [0.05, 0.1) is 15.7 Å². The predicted molar refractivity (Wildman–Crippen MR) is 59.7 cm³/mol. The summed E-state index contributed by atoms with van der Waals surface area (Å²) >= 11 is 2.95. The van der Waals surface area contributed by atoms with E-state index in [2.05, 4.69) is 15.9 Å². The number of halogens is 2. The van der Waals surface area contributed by atoms with Crippen LogP contribution in [0, 0.1) is 17.1 Å². The number of hydrogen-bond donors (Lipinski definition) is 1. The molecule has 0 amide bonds. The third-order valence-corrected chi connectivity index (χ3v) is 2.74. The largest absolute Gasteiger partial charge is 0.480 e. The Kier molecular flexibility index (Phi) is 3.85. The van der Waals surface area contributed by atoms with Gasteiger partial charge in [0.15, 0.2) is 5.82 Å². The van der Waals surface area contributed by atoms with Gasteiger partial charge >= 0.3 is 5.97 Å². The van der Waals surface area contributed by atoms with Crippen LogP contribution in [0.3, 0.4) is 0 Å². The molecule has 4 nitrogen and oxygen atoms in total. The second-order valence-electron chi connectivity index (χ2n) is 3.12. The summed E-state index contributed by atoms with van der Waals surface area (Å²) in [5, 5.41) is 17.2. The normalized spacial score (nSPS) is 9.62. The zero-order chi connectivity index (χ0) is 12.3. The molecular formula is C10H8BrFN2O2. The molecule has 1 aromatic rings. The number of nitriles is 1. The fourth-order valence-corrected chi connectivity index (χ4v) is 1.63.